The van der Waals surface area contributed by atoms with Gasteiger partial charge >= 0.3 is 0 Å². The van der Waals surface area contributed by atoms with Crippen LogP contribution in [0, 0.1) is 12.8 Å². The second kappa shape index (κ2) is 8.52. The maximum atomic E-state index is 13.1. The van der Waals surface area contributed by atoms with Crippen molar-refractivity contribution in [1.29, 1.82) is 0 Å². The molecule has 1 aromatic carbocycles. The summed E-state index contributed by atoms with van der Waals surface area (Å²) in [7, 11) is 0. The van der Waals surface area contributed by atoms with Gasteiger partial charge in [0.15, 0.2) is 0 Å². The largest absolute Gasteiger partial charge is 0.493 e. The molecule has 0 unspecified atom stereocenters. The van der Waals surface area contributed by atoms with Crippen molar-refractivity contribution in [2.24, 2.45) is 5.92 Å². The average molecular weight is 436 g/mol. The maximum absolute atomic E-state index is 13.1. The zero-order valence-corrected chi connectivity index (χ0v) is 18.4. The number of H-pyrrole nitrogens is 1. The standard InChI is InChI=1S/C24H29N5O3/c1-3-14-6-7-19(32-11-15-4-5-15)16(8-14)21-23-22(27-12-26-21)20(13(2)28-23)24(31)29-17-9-25-10-18(17)30/h6-8,12,15,17-18,25,28,30H,3-5,9-11H2,1-2H3,(H,29,31)/t17-,18+/m1/s1. The lowest BCUT2D eigenvalue weighted by Gasteiger charge is -2.15. The molecule has 1 saturated heterocycles. The highest BCUT2D eigenvalue weighted by molar-refractivity contribution is 6.09. The molecule has 8 heteroatoms. The summed E-state index contributed by atoms with van der Waals surface area (Å²) in [5, 5.41) is 16.1. The van der Waals surface area contributed by atoms with Crippen molar-refractivity contribution in [2.75, 3.05) is 19.7 Å². The van der Waals surface area contributed by atoms with Gasteiger partial charge in [0.1, 0.15) is 23.3 Å². The number of nitrogens with zero attached hydrogens (tertiary/aromatic N) is 2. The van der Waals surface area contributed by atoms with Gasteiger partial charge in [-0.05, 0) is 49.8 Å². The molecule has 2 atom stereocenters. The average Bonchev–Trinajstić information content (AvgIpc) is 3.44. The molecule has 5 rings (SSSR count). The van der Waals surface area contributed by atoms with E-state index in [0.29, 0.717) is 47.9 Å². The molecule has 32 heavy (non-hydrogen) atoms. The van der Waals surface area contributed by atoms with Gasteiger partial charge in [-0.2, -0.15) is 0 Å². The van der Waals surface area contributed by atoms with E-state index in [9.17, 15) is 9.90 Å². The van der Waals surface area contributed by atoms with Crippen molar-refractivity contribution < 1.29 is 14.6 Å². The van der Waals surface area contributed by atoms with Crippen LogP contribution >= 0.6 is 0 Å². The van der Waals surface area contributed by atoms with Crippen LogP contribution in [0.5, 0.6) is 5.75 Å². The number of ether oxygens (including phenoxy) is 1. The molecule has 1 amide bonds. The molecule has 3 heterocycles. The van der Waals surface area contributed by atoms with Gasteiger partial charge in [-0.3, -0.25) is 4.79 Å². The Morgan fingerprint density at radius 3 is 2.84 bits per heavy atom. The number of hydrogen-bond acceptors (Lipinski definition) is 6. The van der Waals surface area contributed by atoms with Crippen LogP contribution in [0.2, 0.25) is 0 Å². The molecule has 2 aromatic heterocycles. The van der Waals surface area contributed by atoms with E-state index in [1.165, 1.54) is 24.7 Å². The minimum Gasteiger partial charge on any atom is -0.493 e. The van der Waals surface area contributed by atoms with Gasteiger partial charge in [-0.25, -0.2) is 9.97 Å². The first-order valence-corrected chi connectivity index (χ1v) is 11.3. The van der Waals surface area contributed by atoms with Crippen molar-refractivity contribution >= 4 is 16.9 Å². The number of aliphatic hydroxyl groups excluding tert-OH is 1. The van der Waals surface area contributed by atoms with Crippen molar-refractivity contribution in [3.05, 3.63) is 41.3 Å². The molecule has 1 saturated carbocycles. The predicted octanol–water partition coefficient (Wildman–Crippen LogP) is 2.35. The third kappa shape index (κ3) is 3.96. The van der Waals surface area contributed by atoms with E-state index in [0.717, 1.165) is 23.4 Å². The molecular formula is C24H29N5O3. The maximum Gasteiger partial charge on any atom is 0.255 e. The third-order valence-electron chi connectivity index (χ3n) is 6.38. The number of aliphatic hydroxyl groups is 1. The molecule has 0 spiro atoms. The summed E-state index contributed by atoms with van der Waals surface area (Å²) < 4.78 is 6.16. The second-order valence-electron chi connectivity index (χ2n) is 8.81. The zero-order chi connectivity index (χ0) is 22.2. The van der Waals surface area contributed by atoms with Crippen LogP contribution in [0.4, 0.5) is 0 Å². The van der Waals surface area contributed by atoms with E-state index in [-0.39, 0.29) is 11.9 Å². The third-order valence-corrected chi connectivity index (χ3v) is 6.38. The van der Waals surface area contributed by atoms with Crippen LogP contribution in [-0.4, -0.2) is 57.8 Å². The number of aromatic nitrogens is 3. The van der Waals surface area contributed by atoms with Crippen LogP contribution in [-0.2, 0) is 6.42 Å². The quantitative estimate of drug-likeness (QED) is 0.453. The summed E-state index contributed by atoms with van der Waals surface area (Å²) in [4.78, 5) is 25.4. The number of rotatable bonds is 7. The Kier molecular flexibility index (Phi) is 5.57. The number of fused-ring (bicyclic) bond motifs is 1. The highest BCUT2D eigenvalue weighted by Crippen LogP contribution is 2.37. The van der Waals surface area contributed by atoms with Crippen LogP contribution in [0.25, 0.3) is 22.3 Å². The SMILES string of the molecule is CCc1ccc(OCC2CC2)c(-c2ncnc3c(C(=O)N[C@@H]4CNC[C@@H]4O)c(C)[nH]c23)c1. The number of carbonyl (C=O) groups is 1. The number of aryl methyl sites for hydroxylation is 2. The molecule has 168 valence electrons. The summed E-state index contributed by atoms with van der Waals surface area (Å²) in [5.74, 6) is 1.19. The lowest BCUT2D eigenvalue weighted by molar-refractivity contribution is 0.0889. The first-order valence-electron chi connectivity index (χ1n) is 11.3. The number of aromatic amines is 1. The Bertz CT molecular complexity index is 1150. The van der Waals surface area contributed by atoms with Crippen molar-refractivity contribution in [3.63, 3.8) is 0 Å². The normalized spacial score (nSPS) is 20.6. The first-order chi connectivity index (χ1) is 15.5. The Hall–Kier alpha value is -2.97. The van der Waals surface area contributed by atoms with Gasteiger partial charge in [0.05, 0.1) is 29.8 Å². The molecule has 1 aliphatic carbocycles. The smallest absolute Gasteiger partial charge is 0.255 e. The van der Waals surface area contributed by atoms with Crippen molar-refractivity contribution in [2.45, 2.75) is 45.3 Å². The van der Waals surface area contributed by atoms with E-state index < -0.39 is 6.10 Å². The second-order valence-corrected chi connectivity index (χ2v) is 8.81. The Balaban J connectivity index is 1.54. The fraction of sp³-hybridized carbons (Fsp3) is 0.458. The van der Waals surface area contributed by atoms with Gasteiger partial charge in [-0.1, -0.05) is 13.0 Å². The topological polar surface area (TPSA) is 112 Å². The first kappa shape index (κ1) is 20.9. The number of amides is 1. The van der Waals surface area contributed by atoms with Gasteiger partial charge in [0.25, 0.3) is 5.91 Å². The van der Waals surface area contributed by atoms with E-state index >= 15 is 0 Å². The Morgan fingerprint density at radius 2 is 2.12 bits per heavy atom. The minimum atomic E-state index is -0.599. The summed E-state index contributed by atoms with van der Waals surface area (Å²) in [6, 6.07) is 5.89. The fourth-order valence-electron chi connectivity index (χ4n) is 4.26. The molecule has 3 aromatic rings. The van der Waals surface area contributed by atoms with Crippen LogP contribution in [0.3, 0.4) is 0 Å². The lowest BCUT2D eigenvalue weighted by atomic mass is 10.0. The van der Waals surface area contributed by atoms with Crippen LogP contribution in [0.1, 0.15) is 41.4 Å². The molecule has 1 aliphatic heterocycles. The van der Waals surface area contributed by atoms with Gasteiger partial charge in [0.2, 0.25) is 0 Å². The molecule has 4 N–H and O–H groups in total. The van der Waals surface area contributed by atoms with E-state index in [2.05, 4.69) is 44.6 Å². The summed E-state index contributed by atoms with van der Waals surface area (Å²) in [6.07, 6.45) is 4.24. The van der Waals surface area contributed by atoms with Gasteiger partial charge in [-0.15, -0.1) is 0 Å². The van der Waals surface area contributed by atoms with E-state index in [1.54, 1.807) is 0 Å². The predicted molar refractivity (Wildman–Crippen MR) is 122 cm³/mol. The molecular weight excluding hydrogens is 406 g/mol. The molecule has 2 aliphatic rings. The fourth-order valence-corrected chi connectivity index (χ4v) is 4.26. The molecule has 8 nitrogen and oxygen atoms in total. The lowest BCUT2D eigenvalue weighted by Crippen LogP contribution is -2.42. The molecule has 2 fully saturated rings. The van der Waals surface area contributed by atoms with Crippen molar-refractivity contribution in [3.8, 4) is 17.0 Å². The summed E-state index contributed by atoms with van der Waals surface area (Å²) in [5.41, 5.74) is 5.29. The van der Waals surface area contributed by atoms with Crippen LogP contribution < -0.4 is 15.4 Å². The number of nitrogens with one attached hydrogen (secondary N) is 3. The highest BCUT2D eigenvalue weighted by atomic mass is 16.5. The Morgan fingerprint density at radius 1 is 1.28 bits per heavy atom. The number of benzene rings is 1. The highest BCUT2D eigenvalue weighted by Gasteiger charge is 2.29. The molecule has 0 radical (unpaired) electrons. The summed E-state index contributed by atoms with van der Waals surface area (Å²) >= 11 is 0. The Labute approximate surface area is 186 Å². The molecule has 0 bridgehead atoms. The van der Waals surface area contributed by atoms with Crippen LogP contribution in [0.15, 0.2) is 24.5 Å². The number of β-amino-alcohol motifs (C(OH)–C–C–N with tert-alkyl or cyclic N) is 1. The summed E-state index contributed by atoms with van der Waals surface area (Å²) in [6.45, 7) is 5.70. The van der Waals surface area contributed by atoms with Gasteiger partial charge < -0.3 is 25.5 Å². The number of carbonyl (C=O) groups excluding carboxylic acids is 1. The number of hydrogen-bond donors (Lipinski definition) is 4. The van der Waals surface area contributed by atoms with Crippen molar-refractivity contribution in [1.82, 2.24) is 25.6 Å². The monoisotopic (exact) mass is 435 g/mol. The van der Waals surface area contributed by atoms with E-state index in [4.69, 9.17) is 4.74 Å². The minimum absolute atomic E-state index is 0.251. The zero-order valence-electron chi connectivity index (χ0n) is 18.4. The van der Waals surface area contributed by atoms with Gasteiger partial charge in [0, 0.05) is 24.3 Å². The van der Waals surface area contributed by atoms with E-state index in [1.807, 2.05) is 13.0 Å².